The first-order valence-electron chi connectivity index (χ1n) is 12.2. The van der Waals surface area contributed by atoms with Crippen molar-refractivity contribution in [3.63, 3.8) is 0 Å². The van der Waals surface area contributed by atoms with Crippen LogP contribution in [0.25, 0.3) is 16.7 Å². The Morgan fingerprint density at radius 3 is 2.22 bits per heavy atom. The van der Waals surface area contributed by atoms with Crippen molar-refractivity contribution in [2.75, 3.05) is 32.1 Å². The highest BCUT2D eigenvalue weighted by Crippen LogP contribution is 2.41. The number of fused-ring (bicyclic) bond motifs is 3. The summed E-state index contributed by atoms with van der Waals surface area (Å²) in [6.07, 6.45) is 4.82. The van der Waals surface area contributed by atoms with Crippen LogP contribution in [0.4, 0.5) is 5.69 Å². The van der Waals surface area contributed by atoms with Crippen LogP contribution in [0.5, 0.6) is 0 Å². The van der Waals surface area contributed by atoms with Gasteiger partial charge in [-0.05, 0) is 104 Å². The van der Waals surface area contributed by atoms with E-state index < -0.39 is 0 Å². The number of likely N-dealkylation sites (N-methyl/N-ethyl adjacent to an activating group) is 1. The van der Waals surface area contributed by atoms with Crippen molar-refractivity contribution in [2.24, 2.45) is 0 Å². The van der Waals surface area contributed by atoms with Crippen molar-refractivity contribution in [3.8, 4) is 5.69 Å². The monoisotopic (exact) mass is 432 g/mol. The van der Waals surface area contributed by atoms with Gasteiger partial charge in [-0.1, -0.05) is 17.7 Å². The van der Waals surface area contributed by atoms with E-state index in [1.165, 1.54) is 57.6 Å². The van der Waals surface area contributed by atoms with E-state index in [0.717, 1.165) is 37.3 Å². The van der Waals surface area contributed by atoms with Crippen LogP contribution in [0.15, 0.2) is 18.2 Å². The van der Waals surface area contributed by atoms with Gasteiger partial charge in [0.1, 0.15) is 5.65 Å². The van der Waals surface area contributed by atoms with E-state index in [9.17, 15) is 0 Å². The molecular weight excluding hydrogens is 392 g/mol. The van der Waals surface area contributed by atoms with Gasteiger partial charge in [0.15, 0.2) is 0 Å². The molecule has 0 saturated heterocycles. The molecule has 4 nitrogen and oxygen atoms in total. The molecule has 0 fully saturated rings. The number of rotatable bonds is 6. The molecule has 1 aliphatic carbocycles. The van der Waals surface area contributed by atoms with E-state index in [1.807, 2.05) is 0 Å². The van der Waals surface area contributed by atoms with Crippen molar-refractivity contribution in [1.82, 2.24) is 14.5 Å². The maximum Gasteiger partial charge on any atom is 0.147 e. The van der Waals surface area contributed by atoms with Gasteiger partial charge in [-0.2, -0.15) is 0 Å². The standard InChI is InChI=1S/C28H40N4/c1-18(2)31(14-13-30(7)8)25-17-22(6)29-28-26(25)23-11-9-10-12-24(23)32(28)27-20(4)15-19(3)16-21(27)5/h15-18H,9-14H2,1-8H3. The SMILES string of the molecule is Cc1cc(C)c(-n2c3c(c4c(N(CCN(C)C)C(C)C)cc(C)nc42)CCCC3)c(C)c1. The van der Waals surface area contributed by atoms with Crippen LogP contribution >= 0.6 is 0 Å². The number of aromatic nitrogens is 2. The molecule has 0 amide bonds. The number of hydrogen-bond acceptors (Lipinski definition) is 3. The van der Waals surface area contributed by atoms with Gasteiger partial charge in [-0.25, -0.2) is 4.98 Å². The van der Waals surface area contributed by atoms with Gasteiger partial charge in [-0.15, -0.1) is 0 Å². The van der Waals surface area contributed by atoms with E-state index in [0.29, 0.717) is 6.04 Å². The van der Waals surface area contributed by atoms with Crippen molar-refractivity contribution in [3.05, 3.63) is 51.8 Å². The normalized spacial score (nSPS) is 13.9. The lowest BCUT2D eigenvalue weighted by Crippen LogP contribution is -2.37. The molecule has 172 valence electrons. The Morgan fingerprint density at radius 2 is 1.59 bits per heavy atom. The minimum absolute atomic E-state index is 0.436. The summed E-state index contributed by atoms with van der Waals surface area (Å²) in [5.74, 6) is 0. The lowest BCUT2D eigenvalue weighted by molar-refractivity contribution is 0.408. The molecule has 0 aliphatic heterocycles. The van der Waals surface area contributed by atoms with E-state index in [4.69, 9.17) is 4.98 Å². The lowest BCUT2D eigenvalue weighted by atomic mass is 9.94. The Morgan fingerprint density at radius 1 is 0.938 bits per heavy atom. The Bertz CT molecular complexity index is 1110. The summed E-state index contributed by atoms with van der Waals surface area (Å²) in [5, 5.41) is 1.39. The molecule has 0 N–H and O–H groups in total. The topological polar surface area (TPSA) is 24.3 Å². The number of anilines is 1. The summed E-state index contributed by atoms with van der Waals surface area (Å²) in [6.45, 7) is 15.5. The Kier molecular flexibility index (Phi) is 6.35. The average molecular weight is 433 g/mol. The molecule has 3 aromatic rings. The molecule has 1 aliphatic rings. The summed E-state index contributed by atoms with van der Waals surface area (Å²) >= 11 is 0. The number of hydrogen-bond donors (Lipinski definition) is 0. The highest BCUT2D eigenvalue weighted by molar-refractivity contribution is 5.96. The van der Waals surface area contributed by atoms with Crippen molar-refractivity contribution >= 4 is 16.7 Å². The second-order valence-corrected chi connectivity index (χ2v) is 10.3. The highest BCUT2D eigenvalue weighted by atomic mass is 15.2. The molecular formula is C28H40N4. The number of aryl methyl sites for hydroxylation is 5. The molecule has 0 atom stereocenters. The summed E-state index contributed by atoms with van der Waals surface area (Å²) in [7, 11) is 4.32. The van der Waals surface area contributed by atoms with E-state index in [1.54, 1.807) is 0 Å². The van der Waals surface area contributed by atoms with Crippen molar-refractivity contribution in [1.29, 1.82) is 0 Å². The first-order chi connectivity index (χ1) is 15.2. The van der Waals surface area contributed by atoms with E-state index in [-0.39, 0.29) is 0 Å². The predicted octanol–water partition coefficient (Wildman–Crippen LogP) is 5.91. The third-order valence-corrected chi connectivity index (χ3v) is 6.91. The van der Waals surface area contributed by atoms with Crippen LogP contribution in [0, 0.1) is 27.7 Å². The molecule has 0 unspecified atom stereocenters. The highest BCUT2D eigenvalue weighted by Gasteiger charge is 2.28. The summed E-state index contributed by atoms with van der Waals surface area (Å²) in [5.41, 5.74) is 12.0. The summed E-state index contributed by atoms with van der Waals surface area (Å²) in [4.78, 5) is 10.1. The van der Waals surface area contributed by atoms with Gasteiger partial charge in [0.2, 0.25) is 0 Å². The number of nitrogens with zero attached hydrogens (tertiary/aromatic N) is 4. The lowest BCUT2D eigenvalue weighted by Gasteiger charge is -2.31. The van der Waals surface area contributed by atoms with Gasteiger partial charge < -0.3 is 9.80 Å². The maximum atomic E-state index is 5.19. The fraction of sp³-hybridized carbons (Fsp3) is 0.536. The predicted molar refractivity (Wildman–Crippen MR) is 138 cm³/mol. The van der Waals surface area contributed by atoms with E-state index in [2.05, 4.69) is 88.2 Å². The fourth-order valence-electron chi connectivity index (χ4n) is 5.58. The van der Waals surface area contributed by atoms with Gasteiger partial charge in [0, 0.05) is 35.9 Å². The second kappa shape index (κ2) is 8.90. The van der Waals surface area contributed by atoms with Gasteiger partial charge >= 0.3 is 0 Å². The Balaban J connectivity index is 2.05. The quantitative estimate of drug-likeness (QED) is 0.484. The minimum atomic E-state index is 0.436. The zero-order valence-electron chi connectivity index (χ0n) is 21.3. The first kappa shape index (κ1) is 22.8. The molecule has 1 aromatic carbocycles. The third kappa shape index (κ3) is 4.05. The van der Waals surface area contributed by atoms with Crippen LogP contribution in [-0.2, 0) is 12.8 Å². The Hall–Kier alpha value is -2.33. The van der Waals surface area contributed by atoms with Crippen LogP contribution in [-0.4, -0.2) is 47.7 Å². The molecule has 2 heterocycles. The van der Waals surface area contributed by atoms with E-state index >= 15 is 0 Å². The van der Waals surface area contributed by atoms with Crippen molar-refractivity contribution < 1.29 is 0 Å². The summed E-state index contributed by atoms with van der Waals surface area (Å²) < 4.78 is 2.52. The van der Waals surface area contributed by atoms with Gasteiger partial charge in [0.05, 0.1) is 11.4 Å². The molecule has 0 spiro atoms. The second-order valence-electron chi connectivity index (χ2n) is 10.3. The first-order valence-corrected chi connectivity index (χ1v) is 12.2. The molecule has 2 aromatic heterocycles. The van der Waals surface area contributed by atoms with Crippen molar-refractivity contribution in [2.45, 2.75) is 73.3 Å². The fourth-order valence-corrected chi connectivity index (χ4v) is 5.58. The van der Waals surface area contributed by atoms with Crippen LogP contribution in [0.2, 0.25) is 0 Å². The minimum Gasteiger partial charge on any atom is -0.367 e. The zero-order chi connectivity index (χ0) is 23.2. The number of benzene rings is 1. The molecule has 4 heteroatoms. The smallest absolute Gasteiger partial charge is 0.147 e. The van der Waals surface area contributed by atoms with Crippen LogP contribution in [0.3, 0.4) is 0 Å². The molecule has 32 heavy (non-hydrogen) atoms. The van der Waals surface area contributed by atoms with Gasteiger partial charge in [-0.3, -0.25) is 4.57 Å². The third-order valence-electron chi connectivity index (χ3n) is 6.91. The van der Waals surface area contributed by atoms with Crippen LogP contribution in [0.1, 0.15) is 60.3 Å². The molecule has 0 saturated carbocycles. The van der Waals surface area contributed by atoms with Crippen LogP contribution < -0.4 is 4.90 Å². The largest absolute Gasteiger partial charge is 0.367 e. The molecule has 4 rings (SSSR count). The average Bonchev–Trinajstić information content (AvgIpc) is 3.01. The Labute approximate surface area is 194 Å². The zero-order valence-corrected chi connectivity index (χ0v) is 21.3. The number of pyridine rings is 1. The maximum absolute atomic E-state index is 5.19. The molecule has 0 bridgehead atoms. The van der Waals surface area contributed by atoms with Gasteiger partial charge in [0.25, 0.3) is 0 Å². The molecule has 0 radical (unpaired) electrons. The summed E-state index contributed by atoms with van der Waals surface area (Å²) in [6, 6.07) is 7.40.